The highest BCUT2D eigenvalue weighted by atomic mass is 16.5. The molecule has 1 heterocycles. The second kappa shape index (κ2) is 3.81. The average molecular weight is 217 g/mol. The number of aromatic nitrogens is 1. The zero-order valence-corrected chi connectivity index (χ0v) is 9.02. The molecule has 0 fully saturated rings. The minimum atomic E-state index is -1.02. The molecule has 0 saturated carbocycles. The number of benzene rings is 1. The summed E-state index contributed by atoms with van der Waals surface area (Å²) in [5, 5.41) is 9.84. The van der Waals surface area contributed by atoms with Crippen molar-refractivity contribution in [1.29, 1.82) is 0 Å². The number of aryl methyl sites for hydroxylation is 1. The van der Waals surface area contributed by atoms with Gasteiger partial charge in [-0.1, -0.05) is 0 Å². The van der Waals surface area contributed by atoms with E-state index in [1.807, 2.05) is 19.1 Å². The normalized spacial score (nSPS) is 10.4. The van der Waals surface area contributed by atoms with Crippen LogP contribution in [0.4, 0.5) is 0 Å². The number of rotatable bonds is 2. The van der Waals surface area contributed by atoms with E-state index in [1.54, 1.807) is 19.2 Å². The number of hydrogen-bond acceptors (Lipinski definition) is 3. The third-order valence-electron chi connectivity index (χ3n) is 2.44. The van der Waals surface area contributed by atoms with E-state index in [4.69, 9.17) is 9.84 Å². The lowest BCUT2D eigenvalue weighted by Gasteiger charge is -2.05. The molecule has 0 spiro atoms. The van der Waals surface area contributed by atoms with E-state index in [0.29, 0.717) is 11.3 Å². The summed E-state index contributed by atoms with van der Waals surface area (Å²) in [6.07, 6.45) is 0. The van der Waals surface area contributed by atoms with Gasteiger partial charge in [0.05, 0.1) is 12.6 Å². The van der Waals surface area contributed by atoms with Gasteiger partial charge in [0, 0.05) is 11.5 Å². The van der Waals surface area contributed by atoms with Crippen LogP contribution in [0.5, 0.6) is 5.75 Å². The van der Waals surface area contributed by atoms with E-state index >= 15 is 0 Å². The number of ether oxygens (including phenoxy) is 1. The molecular formula is C12H11NO3. The first-order chi connectivity index (χ1) is 7.61. The predicted octanol–water partition coefficient (Wildman–Crippen LogP) is 2.25. The minimum Gasteiger partial charge on any atom is -0.497 e. The molecule has 82 valence electrons. The Labute approximate surface area is 92.5 Å². The fourth-order valence-electron chi connectivity index (χ4n) is 1.62. The lowest BCUT2D eigenvalue weighted by molar-refractivity contribution is 0.0691. The quantitative estimate of drug-likeness (QED) is 0.838. The van der Waals surface area contributed by atoms with Crippen molar-refractivity contribution in [2.75, 3.05) is 7.11 Å². The zero-order valence-electron chi connectivity index (χ0n) is 9.02. The molecular weight excluding hydrogens is 206 g/mol. The van der Waals surface area contributed by atoms with Crippen molar-refractivity contribution in [1.82, 2.24) is 4.98 Å². The second-order valence-corrected chi connectivity index (χ2v) is 3.51. The third-order valence-corrected chi connectivity index (χ3v) is 2.44. The SMILES string of the molecule is COc1ccc2c(C)cc(C(=O)O)nc2c1. The molecule has 0 unspecified atom stereocenters. The molecule has 4 nitrogen and oxygen atoms in total. The van der Waals surface area contributed by atoms with Crippen LogP contribution in [-0.2, 0) is 0 Å². The highest BCUT2D eigenvalue weighted by molar-refractivity contribution is 5.91. The molecule has 1 aromatic heterocycles. The van der Waals surface area contributed by atoms with Crippen molar-refractivity contribution in [3.63, 3.8) is 0 Å². The second-order valence-electron chi connectivity index (χ2n) is 3.51. The van der Waals surface area contributed by atoms with E-state index in [1.165, 1.54) is 0 Å². The Morgan fingerprint density at radius 2 is 2.12 bits per heavy atom. The van der Waals surface area contributed by atoms with E-state index in [-0.39, 0.29) is 5.69 Å². The van der Waals surface area contributed by atoms with Gasteiger partial charge in [0.2, 0.25) is 0 Å². The molecule has 2 aromatic rings. The summed E-state index contributed by atoms with van der Waals surface area (Å²) in [6, 6.07) is 7.01. The van der Waals surface area contributed by atoms with Crippen molar-refractivity contribution in [2.45, 2.75) is 6.92 Å². The Hall–Kier alpha value is -2.10. The van der Waals surface area contributed by atoms with E-state index in [9.17, 15) is 4.79 Å². The number of nitrogens with zero attached hydrogens (tertiary/aromatic N) is 1. The topological polar surface area (TPSA) is 59.4 Å². The van der Waals surface area contributed by atoms with Crippen molar-refractivity contribution >= 4 is 16.9 Å². The van der Waals surface area contributed by atoms with Crippen LogP contribution in [-0.4, -0.2) is 23.2 Å². The first-order valence-corrected chi connectivity index (χ1v) is 4.80. The van der Waals surface area contributed by atoms with Crippen molar-refractivity contribution in [3.8, 4) is 5.75 Å². The third kappa shape index (κ3) is 1.69. The Balaban J connectivity index is 2.72. The molecule has 0 saturated heterocycles. The van der Waals surface area contributed by atoms with E-state index < -0.39 is 5.97 Å². The van der Waals surface area contributed by atoms with Gasteiger partial charge in [0.15, 0.2) is 0 Å². The fraction of sp³-hybridized carbons (Fsp3) is 0.167. The van der Waals surface area contributed by atoms with Gasteiger partial charge in [-0.15, -0.1) is 0 Å². The first kappa shape index (κ1) is 10.4. The number of carboxylic acids is 1. The number of fused-ring (bicyclic) bond motifs is 1. The molecule has 1 aromatic carbocycles. The molecule has 0 bridgehead atoms. The van der Waals surface area contributed by atoms with Crippen LogP contribution in [0.3, 0.4) is 0 Å². The van der Waals surface area contributed by atoms with Crippen LogP contribution in [0.2, 0.25) is 0 Å². The summed E-state index contributed by atoms with van der Waals surface area (Å²) >= 11 is 0. The van der Waals surface area contributed by atoms with Crippen LogP contribution in [0.15, 0.2) is 24.3 Å². The standard InChI is InChI=1S/C12H11NO3/c1-7-5-11(12(14)15)13-10-6-8(16-2)3-4-9(7)10/h3-6H,1-2H3,(H,14,15). The zero-order chi connectivity index (χ0) is 11.7. The van der Waals surface area contributed by atoms with Gasteiger partial charge in [-0.05, 0) is 30.7 Å². The van der Waals surface area contributed by atoms with Crippen LogP contribution < -0.4 is 4.74 Å². The highest BCUT2D eigenvalue weighted by Gasteiger charge is 2.08. The number of aromatic carboxylic acids is 1. The maximum absolute atomic E-state index is 10.9. The monoisotopic (exact) mass is 217 g/mol. The maximum atomic E-state index is 10.9. The van der Waals surface area contributed by atoms with Gasteiger partial charge in [-0.2, -0.15) is 0 Å². The maximum Gasteiger partial charge on any atom is 0.354 e. The molecule has 0 aliphatic heterocycles. The lowest BCUT2D eigenvalue weighted by Crippen LogP contribution is -2.01. The van der Waals surface area contributed by atoms with E-state index in [2.05, 4.69) is 4.98 Å². The van der Waals surface area contributed by atoms with Crippen molar-refractivity contribution in [2.24, 2.45) is 0 Å². The van der Waals surface area contributed by atoms with Crippen LogP contribution >= 0.6 is 0 Å². The largest absolute Gasteiger partial charge is 0.497 e. The summed E-state index contributed by atoms with van der Waals surface area (Å²) < 4.78 is 5.08. The number of carboxylic acid groups (broad SMARTS) is 1. The van der Waals surface area contributed by atoms with Crippen LogP contribution in [0, 0.1) is 6.92 Å². The number of methoxy groups -OCH3 is 1. The number of carbonyl (C=O) groups is 1. The van der Waals surface area contributed by atoms with Gasteiger partial charge >= 0.3 is 5.97 Å². The molecule has 0 amide bonds. The summed E-state index contributed by atoms with van der Waals surface area (Å²) in [4.78, 5) is 14.9. The Bertz CT molecular complexity index is 563. The summed E-state index contributed by atoms with van der Waals surface area (Å²) in [5.74, 6) is -0.352. The summed E-state index contributed by atoms with van der Waals surface area (Å²) in [7, 11) is 1.56. The van der Waals surface area contributed by atoms with Crippen molar-refractivity contribution in [3.05, 3.63) is 35.5 Å². The summed E-state index contributed by atoms with van der Waals surface area (Å²) in [6.45, 7) is 1.86. The van der Waals surface area contributed by atoms with Gasteiger partial charge in [-0.25, -0.2) is 9.78 Å². The molecule has 4 heteroatoms. The lowest BCUT2D eigenvalue weighted by atomic mass is 10.1. The molecule has 0 atom stereocenters. The Kier molecular flexibility index (Phi) is 2.48. The minimum absolute atomic E-state index is 0.0539. The number of pyridine rings is 1. The van der Waals surface area contributed by atoms with Gasteiger partial charge in [0.25, 0.3) is 0 Å². The number of hydrogen-bond donors (Lipinski definition) is 1. The van der Waals surface area contributed by atoms with Gasteiger partial charge in [-0.3, -0.25) is 0 Å². The Morgan fingerprint density at radius 1 is 1.38 bits per heavy atom. The van der Waals surface area contributed by atoms with Crippen LogP contribution in [0.1, 0.15) is 16.1 Å². The Morgan fingerprint density at radius 3 is 2.75 bits per heavy atom. The van der Waals surface area contributed by atoms with Crippen LogP contribution in [0.25, 0.3) is 10.9 Å². The summed E-state index contributed by atoms with van der Waals surface area (Å²) in [5.41, 5.74) is 1.58. The molecule has 0 aliphatic rings. The highest BCUT2D eigenvalue weighted by Crippen LogP contribution is 2.22. The molecule has 16 heavy (non-hydrogen) atoms. The first-order valence-electron chi connectivity index (χ1n) is 4.80. The van der Waals surface area contributed by atoms with Crippen molar-refractivity contribution < 1.29 is 14.6 Å². The molecule has 1 N–H and O–H groups in total. The molecule has 0 aliphatic carbocycles. The molecule has 2 rings (SSSR count). The van der Waals surface area contributed by atoms with Gasteiger partial charge < -0.3 is 9.84 Å². The fourth-order valence-corrected chi connectivity index (χ4v) is 1.62. The van der Waals surface area contributed by atoms with Gasteiger partial charge in [0.1, 0.15) is 11.4 Å². The molecule has 0 radical (unpaired) electrons. The average Bonchev–Trinajstić information content (AvgIpc) is 2.28. The predicted molar refractivity (Wildman–Crippen MR) is 60.0 cm³/mol. The van der Waals surface area contributed by atoms with E-state index in [0.717, 1.165) is 10.9 Å². The smallest absolute Gasteiger partial charge is 0.354 e.